The Labute approximate surface area is 101 Å². The number of likely N-dealkylation sites (N-methyl/N-ethyl adjacent to an activating group) is 1. The molecule has 2 saturated carbocycles. The van der Waals surface area contributed by atoms with Crippen LogP contribution in [-0.4, -0.2) is 36.6 Å². The fourth-order valence-electron chi connectivity index (χ4n) is 2.98. The molecule has 2 fully saturated rings. The first-order valence-corrected chi connectivity index (χ1v) is 7.26. The van der Waals surface area contributed by atoms with Gasteiger partial charge >= 0.3 is 0 Å². The number of nitrogens with zero attached hydrogens (tertiary/aromatic N) is 1. The van der Waals surface area contributed by atoms with E-state index in [1.54, 1.807) is 0 Å². The van der Waals surface area contributed by atoms with Gasteiger partial charge in [-0.3, -0.25) is 4.90 Å². The van der Waals surface area contributed by atoms with Gasteiger partial charge in [0.1, 0.15) is 0 Å². The lowest BCUT2D eigenvalue weighted by atomic mass is 10.1. The van der Waals surface area contributed by atoms with Gasteiger partial charge in [-0.25, -0.2) is 0 Å². The van der Waals surface area contributed by atoms with Crippen LogP contribution in [0.1, 0.15) is 58.3 Å². The van der Waals surface area contributed by atoms with Crippen molar-refractivity contribution in [2.75, 3.05) is 13.6 Å². The molecule has 0 aromatic carbocycles. The van der Waals surface area contributed by atoms with E-state index >= 15 is 0 Å². The molecule has 2 nitrogen and oxygen atoms in total. The van der Waals surface area contributed by atoms with E-state index in [4.69, 9.17) is 0 Å². The second-order valence-electron chi connectivity index (χ2n) is 5.73. The van der Waals surface area contributed by atoms with E-state index in [-0.39, 0.29) is 0 Å². The van der Waals surface area contributed by atoms with E-state index in [2.05, 4.69) is 24.2 Å². The number of rotatable bonds is 7. The molecule has 0 bridgehead atoms. The molecule has 2 aliphatic carbocycles. The topological polar surface area (TPSA) is 15.3 Å². The first-order valence-electron chi connectivity index (χ1n) is 7.26. The van der Waals surface area contributed by atoms with Crippen LogP contribution < -0.4 is 5.32 Å². The molecule has 1 N–H and O–H groups in total. The van der Waals surface area contributed by atoms with E-state index in [9.17, 15) is 0 Å². The van der Waals surface area contributed by atoms with E-state index < -0.39 is 0 Å². The number of hydrogen-bond acceptors (Lipinski definition) is 2. The van der Waals surface area contributed by atoms with Crippen LogP contribution in [0, 0.1) is 0 Å². The highest BCUT2D eigenvalue weighted by atomic mass is 15.2. The lowest BCUT2D eigenvalue weighted by Crippen LogP contribution is -2.45. The molecule has 2 rings (SSSR count). The Kier molecular flexibility index (Phi) is 4.66. The van der Waals surface area contributed by atoms with Crippen LogP contribution in [0.5, 0.6) is 0 Å². The summed E-state index contributed by atoms with van der Waals surface area (Å²) in [5.41, 5.74) is 0. The summed E-state index contributed by atoms with van der Waals surface area (Å²) >= 11 is 0. The SMILES string of the molecule is CCCC(CNC1CC1)N(C)C1CCCC1. The molecule has 0 radical (unpaired) electrons. The zero-order valence-electron chi connectivity index (χ0n) is 11.0. The van der Waals surface area contributed by atoms with Gasteiger partial charge in [-0.15, -0.1) is 0 Å². The molecule has 2 heteroatoms. The summed E-state index contributed by atoms with van der Waals surface area (Å²) in [5, 5.41) is 3.70. The summed E-state index contributed by atoms with van der Waals surface area (Å²) < 4.78 is 0. The highest BCUT2D eigenvalue weighted by molar-refractivity contribution is 4.86. The molecular formula is C14H28N2. The molecule has 1 atom stereocenters. The lowest BCUT2D eigenvalue weighted by molar-refractivity contribution is 0.161. The van der Waals surface area contributed by atoms with Crippen LogP contribution in [0.15, 0.2) is 0 Å². The largest absolute Gasteiger partial charge is 0.312 e. The Morgan fingerprint density at radius 3 is 2.44 bits per heavy atom. The number of hydrogen-bond donors (Lipinski definition) is 1. The van der Waals surface area contributed by atoms with Gasteiger partial charge in [0, 0.05) is 24.7 Å². The maximum Gasteiger partial charge on any atom is 0.0220 e. The minimum absolute atomic E-state index is 0.772. The molecule has 0 aromatic heterocycles. The first kappa shape index (κ1) is 12.4. The van der Waals surface area contributed by atoms with Gasteiger partial charge in [0.2, 0.25) is 0 Å². The zero-order chi connectivity index (χ0) is 11.4. The van der Waals surface area contributed by atoms with Crippen molar-refractivity contribution in [3.63, 3.8) is 0 Å². The van der Waals surface area contributed by atoms with Crippen molar-refractivity contribution in [2.24, 2.45) is 0 Å². The van der Waals surface area contributed by atoms with Crippen LogP contribution in [0.3, 0.4) is 0 Å². The zero-order valence-corrected chi connectivity index (χ0v) is 11.0. The van der Waals surface area contributed by atoms with Crippen LogP contribution in [0.2, 0.25) is 0 Å². The fourth-order valence-corrected chi connectivity index (χ4v) is 2.98. The summed E-state index contributed by atoms with van der Waals surface area (Å²) in [5.74, 6) is 0. The summed E-state index contributed by atoms with van der Waals surface area (Å²) in [7, 11) is 2.35. The predicted octanol–water partition coefficient (Wildman–Crippen LogP) is 2.78. The quantitative estimate of drug-likeness (QED) is 0.715. The summed E-state index contributed by atoms with van der Waals surface area (Å²) in [6.45, 7) is 3.53. The molecule has 0 heterocycles. The van der Waals surface area contributed by atoms with E-state index in [0.717, 1.165) is 18.1 Å². The van der Waals surface area contributed by atoms with Crippen LogP contribution >= 0.6 is 0 Å². The van der Waals surface area contributed by atoms with Crippen molar-refractivity contribution in [3.05, 3.63) is 0 Å². The Morgan fingerprint density at radius 1 is 1.19 bits per heavy atom. The molecule has 0 amide bonds. The third kappa shape index (κ3) is 3.46. The normalized spacial score (nSPS) is 24.2. The van der Waals surface area contributed by atoms with Crippen molar-refractivity contribution in [1.29, 1.82) is 0 Å². The van der Waals surface area contributed by atoms with Crippen LogP contribution in [0.25, 0.3) is 0 Å². The van der Waals surface area contributed by atoms with Gasteiger partial charge in [0.15, 0.2) is 0 Å². The smallest absolute Gasteiger partial charge is 0.0220 e. The molecule has 0 aliphatic heterocycles. The number of nitrogens with one attached hydrogen (secondary N) is 1. The lowest BCUT2D eigenvalue weighted by Gasteiger charge is -2.33. The molecule has 0 aromatic rings. The van der Waals surface area contributed by atoms with Crippen molar-refractivity contribution >= 4 is 0 Å². The molecular weight excluding hydrogens is 196 g/mol. The average molecular weight is 224 g/mol. The van der Waals surface area contributed by atoms with E-state index in [1.807, 2.05) is 0 Å². The Morgan fingerprint density at radius 2 is 1.88 bits per heavy atom. The summed E-state index contributed by atoms with van der Waals surface area (Å²) in [4.78, 5) is 2.67. The second-order valence-corrected chi connectivity index (χ2v) is 5.73. The molecule has 16 heavy (non-hydrogen) atoms. The molecule has 2 aliphatic rings. The average Bonchev–Trinajstić information content (AvgIpc) is 2.95. The summed E-state index contributed by atoms with van der Waals surface area (Å²) in [6.07, 6.45) is 11.2. The Bertz CT molecular complexity index is 195. The van der Waals surface area contributed by atoms with E-state index in [1.165, 1.54) is 57.9 Å². The van der Waals surface area contributed by atoms with Gasteiger partial charge in [-0.2, -0.15) is 0 Å². The van der Waals surface area contributed by atoms with Gasteiger partial charge in [0.05, 0.1) is 0 Å². The highest BCUT2D eigenvalue weighted by Crippen LogP contribution is 2.25. The predicted molar refractivity (Wildman–Crippen MR) is 69.7 cm³/mol. The molecule has 0 saturated heterocycles. The monoisotopic (exact) mass is 224 g/mol. The standard InChI is InChI=1S/C14H28N2/c1-3-6-14(11-15-12-9-10-12)16(2)13-7-4-5-8-13/h12-15H,3-11H2,1-2H3. The van der Waals surface area contributed by atoms with E-state index in [0.29, 0.717) is 0 Å². The van der Waals surface area contributed by atoms with Crippen LogP contribution in [0.4, 0.5) is 0 Å². The molecule has 0 spiro atoms. The maximum absolute atomic E-state index is 3.70. The minimum Gasteiger partial charge on any atom is -0.312 e. The van der Waals surface area contributed by atoms with Gasteiger partial charge in [-0.05, 0) is 39.2 Å². The fraction of sp³-hybridized carbons (Fsp3) is 1.00. The van der Waals surface area contributed by atoms with Crippen LogP contribution in [-0.2, 0) is 0 Å². The van der Waals surface area contributed by atoms with Crippen molar-refractivity contribution in [3.8, 4) is 0 Å². The third-order valence-electron chi connectivity index (χ3n) is 4.32. The first-order chi connectivity index (χ1) is 7.81. The molecule has 94 valence electrons. The molecule has 1 unspecified atom stereocenters. The van der Waals surface area contributed by atoms with Gasteiger partial charge in [0.25, 0.3) is 0 Å². The van der Waals surface area contributed by atoms with Crippen molar-refractivity contribution < 1.29 is 0 Å². The van der Waals surface area contributed by atoms with Crippen molar-refractivity contribution in [1.82, 2.24) is 10.2 Å². The highest BCUT2D eigenvalue weighted by Gasteiger charge is 2.27. The maximum atomic E-state index is 3.70. The summed E-state index contributed by atoms with van der Waals surface area (Å²) in [6, 6.07) is 2.50. The Balaban J connectivity index is 1.77. The Hall–Kier alpha value is -0.0800. The second kappa shape index (κ2) is 6.02. The van der Waals surface area contributed by atoms with Crippen molar-refractivity contribution in [2.45, 2.75) is 76.4 Å². The third-order valence-corrected chi connectivity index (χ3v) is 4.32. The van der Waals surface area contributed by atoms with Gasteiger partial charge < -0.3 is 5.32 Å². The van der Waals surface area contributed by atoms with Gasteiger partial charge in [-0.1, -0.05) is 26.2 Å². The minimum atomic E-state index is 0.772.